The zero-order valence-electron chi connectivity index (χ0n) is 12.0. The first kappa shape index (κ1) is 14.2. The van der Waals surface area contributed by atoms with Gasteiger partial charge in [0.2, 0.25) is 18.2 Å². The molecule has 1 aromatic heterocycles. The maximum Gasteiger partial charge on any atom is 0.247 e. The van der Waals surface area contributed by atoms with Gasteiger partial charge in [0.15, 0.2) is 5.82 Å². The molecule has 1 unspecified atom stereocenters. The number of amides is 2. The van der Waals surface area contributed by atoms with E-state index >= 15 is 0 Å². The zero-order chi connectivity index (χ0) is 14.7. The number of nitrogens with zero attached hydrogens (tertiary/aromatic N) is 3. The van der Waals surface area contributed by atoms with Crippen molar-refractivity contribution in [1.29, 1.82) is 0 Å². The largest absolute Gasteiger partial charge is 0.343 e. The Labute approximate surface area is 123 Å². The summed E-state index contributed by atoms with van der Waals surface area (Å²) in [6.07, 6.45) is 7.96. The van der Waals surface area contributed by atoms with Crippen LogP contribution in [-0.4, -0.2) is 38.9 Å². The Morgan fingerprint density at radius 2 is 2.00 bits per heavy atom. The van der Waals surface area contributed by atoms with Crippen molar-refractivity contribution in [2.75, 3.05) is 0 Å². The summed E-state index contributed by atoms with van der Waals surface area (Å²) >= 11 is 0. The molecule has 2 amide bonds. The summed E-state index contributed by atoms with van der Waals surface area (Å²) in [4.78, 5) is 30.0. The van der Waals surface area contributed by atoms with Crippen molar-refractivity contribution in [3.63, 3.8) is 0 Å². The number of hydrogen-bond acceptors (Lipinski definition) is 6. The van der Waals surface area contributed by atoms with Crippen LogP contribution in [0.5, 0.6) is 0 Å². The van der Waals surface area contributed by atoms with Crippen LogP contribution < -0.4 is 5.32 Å². The fraction of sp³-hybridized carbons (Fsp3) is 0.714. The van der Waals surface area contributed by atoms with Crippen LogP contribution in [0.2, 0.25) is 0 Å². The van der Waals surface area contributed by atoms with Crippen molar-refractivity contribution >= 4 is 11.8 Å². The number of nitrogens with one attached hydrogen (secondary N) is 1. The predicted molar refractivity (Wildman–Crippen MR) is 72.9 cm³/mol. The Morgan fingerprint density at radius 3 is 2.67 bits per heavy atom. The van der Waals surface area contributed by atoms with Gasteiger partial charge >= 0.3 is 0 Å². The molecule has 1 aliphatic heterocycles. The van der Waals surface area contributed by atoms with E-state index in [1.54, 1.807) is 0 Å². The maximum absolute atomic E-state index is 12.5. The number of likely N-dealkylation sites (tertiary alicyclic amines) is 1. The van der Waals surface area contributed by atoms with Gasteiger partial charge in [-0.3, -0.25) is 19.8 Å². The molecular weight excluding hydrogens is 272 g/mol. The molecule has 0 bridgehead atoms. The number of hydrogen-bond donors (Lipinski definition) is 1. The number of imide groups is 1. The highest BCUT2D eigenvalue weighted by Gasteiger charge is 2.42. The van der Waals surface area contributed by atoms with Crippen molar-refractivity contribution in [3.05, 3.63) is 12.2 Å². The van der Waals surface area contributed by atoms with Gasteiger partial charge in [0.1, 0.15) is 0 Å². The molecule has 1 saturated heterocycles. The summed E-state index contributed by atoms with van der Waals surface area (Å²) in [7, 11) is 0. The van der Waals surface area contributed by atoms with Crippen molar-refractivity contribution in [2.45, 2.75) is 63.6 Å². The average molecular weight is 292 g/mol. The zero-order valence-corrected chi connectivity index (χ0v) is 12.0. The molecule has 1 aliphatic carbocycles. The highest BCUT2D eigenvalue weighted by molar-refractivity contribution is 6.05. The van der Waals surface area contributed by atoms with Gasteiger partial charge in [-0.15, -0.1) is 0 Å². The quantitative estimate of drug-likeness (QED) is 0.658. The molecule has 0 spiro atoms. The number of rotatable bonds is 4. The van der Waals surface area contributed by atoms with Gasteiger partial charge in [0.25, 0.3) is 0 Å². The highest BCUT2D eigenvalue weighted by atomic mass is 16.5. The van der Waals surface area contributed by atoms with Crippen LogP contribution in [0.4, 0.5) is 0 Å². The molecule has 1 atom stereocenters. The van der Waals surface area contributed by atoms with Crippen LogP contribution in [-0.2, 0) is 16.1 Å². The van der Waals surface area contributed by atoms with Gasteiger partial charge in [0, 0.05) is 6.04 Å². The maximum atomic E-state index is 12.5. The van der Waals surface area contributed by atoms with Crippen LogP contribution in [0.1, 0.15) is 50.8 Å². The summed E-state index contributed by atoms with van der Waals surface area (Å²) < 4.78 is 4.64. The van der Waals surface area contributed by atoms with E-state index in [1.807, 2.05) is 0 Å². The summed E-state index contributed by atoms with van der Waals surface area (Å²) in [5.41, 5.74) is 0. The Balaban J connectivity index is 1.61. The van der Waals surface area contributed by atoms with Crippen molar-refractivity contribution in [1.82, 2.24) is 20.4 Å². The van der Waals surface area contributed by atoms with Gasteiger partial charge in [-0.25, -0.2) is 0 Å². The normalized spacial score (nSPS) is 24.6. The minimum absolute atomic E-state index is 0.0579. The lowest BCUT2D eigenvalue weighted by Gasteiger charge is -2.25. The van der Waals surface area contributed by atoms with Crippen molar-refractivity contribution in [2.24, 2.45) is 0 Å². The van der Waals surface area contributed by atoms with Crippen LogP contribution >= 0.6 is 0 Å². The molecule has 21 heavy (non-hydrogen) atoms. The Bertz CT molecular complexity index is 494. The molecule has 114 valence electrons. The Kier molecular flexibility index (Phi) is 4.28. The fourth-order valence-corrected chi connectivity index (χ4v) is 3.19. The van der Waals surface area contributed by atoms with E-state index in [1.165, 1.54) is 24.1 Å². The molecule has 7 heteroatoms. The van der Waals surface area contributed by atoms with E-state index in [0.29, 0.717) is 12.4 Å². The fourth-order valence-electron chi connectivity index (χ4n) is 3.19. The predicted octanol–water partition coefficient (Wildman–Crippen LogP) is 1.01. The number of carbonyl (C=O) groups excluding carboxylic acids is 2. The molecule has 2 heterocycles. The van der Waals surface area contributed by atoms with E-state index in [-0.39, 0.29) is 24.3 Å². The van der Waals surface area contributed by atoms with Crippen LogP contribution in [0.3, 0.4) is 0 Å². The Morgan fingerprint density at radius 1 is 1.24 bits per heavy atom. The second-order valence-corrected chi connectivity index (χ2v) is 5.73. The average Bonchev–Trinajstić information content (AvgIpc) is 2.98. The molecule has 1 N–H and O–H groups in total. The first-order valence-electron chi connectivity index (χ1n) is 7.60. The molecular formula is C14H20N4O3. The lowest BCUT2D eigenvalue weighted by atomic mass is 10.1. The first-order valence-corrected chi connectivity index (χ1v) is 7.60. The number of carbonyl (C=O) groups is 2. The lowest BCUT2D eigenvalue weighted by molar-refractivity contribution is -0.141. The van der Waals surface area contributed by atoms with E-state index < -0.39 is 6.04 Å². The van der Waals surface area contributed by atoms with Crippen molar-refractivity contribution in [3.8, 4) is 0 Å². The third-order valence-electron chi connectivity index (χ3n) is 4.29. The molecule has 2 aliphatic rings. The SMILES string of the molecule is O=C1CC(NCc2ncon2)C(=O)N1C1CCCCCC1. The van der Waals surface area contributed by atoms with Crippen molar-refractivity contribution < 1.29 is 14.1 Å². The second kappa shape index (κ2) is 6.34. The van der Waals surface area contributed by atoms with Gasteiger partial charge in [-0.1, -0.05) is 30.8 Å². The second-order valence-electron chi connectivity index (χ2n) is 5.73. The minimum Gasteiger partial charge on any atom is -0.343 e. The smallest absolute Gasteiger partial charge is 0.247 e. The molecule has 1 aromatic rings. The van der Waals surface area contributed by atoms with Gasteiger partial charge in [-0.2, -0.15) is 4.98 Å². The minimum atomic E-state index is -0.459. The monoisotopic (exact) mass is 292 g/mol. The van der Waals surface area contributed by atoms with E-state index in [4.69, 9.17) is 0 Å². The third kappa shape index (κ3) is 3.12. The van der Waals surface area contributed by atoms with Crippen LogP contribution in [0.15, 0.2) is 10.9 Å². The van der Waals surface area contributed by atoms with Crippen LogP contribution in [0.25, 0.3) is 0 Å². The standard InChI is InChI=1S/C14H20N4O3/c19-13-7-11(15-8-12-16-9-21-17-12)14(20)18(13)10-5-3-1-2-4-6-10/h9-11,15H,1-8H2. The van der Waals surface area contributed by atoms with E-state index in [9.17, 15) is 9.59 Å². The summed E-state index contributed by atoms with van der Waals surface area (Å²) in [6, 6.07) is -0.372. The highest BCUT2D eigenvalue weighted by Crippen LogP contribution is 2.26. The summed E-state index contributed by atoms with van der Waals surface area (Å²) in [5.74, 6) is 0.330. The third-order valence-corrected chi connectivity index (χ3v) is 4.29. The number of aromatic nitrogens is 2. The Hall–Kier alpha value is -1.76. The van der Waals surface area contributed by atoms with E-state index in [2.05, 4.69) is 20.0 Å². The van der Waals surface area contributed by atoms with Gasteiger partial charge in [-0.05, 0) is 12.8 Å². The lowest BCUT2D eigenvalue weighted by Crippen LogP contribution is -2.43. The first-order chi connectivity index (χ1) is 10.3. The summed E-state index contributed by atoms with van der Waals surface area (Å²) in [6.45, 7) is 0.332. The van der Waals surface area contributed by atoms with Crippen LogP contribution in [0, 0.1) is 0 Å². The molecule has 0 radical (unpaired) electrons. The molecule has 3 rings (SSSR count). The topological polar surface area (TPSA) is 88.3 Å². The van der Waals surface area contributed by atoms with Gasteiger partial charge in [0.05, 0.1) is 19.0 Å². The molecule has 1 saturated carbocycles. The molecule has 2 fully saturated rings. The molecule has 7 nitrogen and oxygen atoms in total. The molecule has 0 aromatic carbocycles. The summed E-state index contributed by atoms with van der Waals surface area (Å²) in [5, 5.41) is 6.74. The van der Waals surface area contributed by atoms with E-state index in [0.717, 1.165) is 25.7 Å². The van der Waals surface area contributed by atoms with Gasteiger partial charge < -0.3 is 4.52 Å².